The molecule has 3 aliphatic heterocycles. The molecule has 22 nitrogen and oxygen atoms in total. The molecule has 440 valence electrons. The van der Waals surface area contributed by atoms with Crippen LogP contribution >= 0.6 is 0 Å². The van der Waals surface area contributed by atoms with E-state index in [4.69, 9.17) is 47.4 Å². The summed E-state index contributed by atoms with van der Waals surface area (Å²) in [4.78, 5) is 65.5. The zero-order chi connectivity index (χ0) is 57.8. The van der Waals surface area contributed by atoms with Gasteiger partial charge in [0.25, 0.3) is 0 Å². The third-order valence-corrected chi connectivity index (χ3v) is 14.2. The summed E-state index contributed by atoms with van der Waals surface area (Å²) in [6.07, 6.45) is -9.75. The standard InChI is InChI=1S/C60H72N4O18/c1-3-44-24-26-46(63-59(71)75-35-40-20-12-6-13-21-40)54(77-44)80-51-37(2)28-42(29-43(66)30-61-57(69)73-33-38-16-8-4-9-17-38)49(67)53(51)82-56-50(68)52(48(32-65)79-56)81-55-47(64-60(72)76-36-41-22-14-7-15-23-41)27-25-45(78-55)31-62-58(70)74-34-39-18-10-5-11-19-39/h4-27,37,42,44-56,65,67-68H,3,28-36H2,1-2H3,(H,61,69)(H,62,70)(H,63,71)(H,64,72)/t37-,42-,44+,45+,46+,47+,48+,49-,50+,51+,52+,53+,54+,55+,56-/m0/s1. The third-order valence-electron chi connectivity index (χ3n) is 14.2. The van der Waals surface area contributed by atoms with Gasteiger partial charge in [0.2, 0.25) is 0 Å². The van der Waals surface area contributed by atoms with Gasteiger partial charge >= 0.3 is 24.4 Å². The number of carbonyl (C=O) groups is 5. The Morgan fingerprint density at radius 3 is 1.45 bits per heavy atom. The highest BCUT2D eigenvalue weighted by atomic mass is 16.8. The molecule has 22 heteroatoms. The van der Waals surface area contributed by atoms with E-state index < -0.39 is 135 Å². The molecule has 2 fully saturated rings. The Morgan fingerprint density at radius 1 is 0.524 bits per heavy atom. The SMILES string of the molecule is CC[C@@H]1C=C[C@@H](NC(=O)OCc2ccccc2)[C@@H](O[C@H]2[C@H](O[C@@H]3O[C@H](CO)[C@@H](O[C@H]4O[C@@H](CNC(=O)OCc5ccccc5)C=C[C@H]4NC(=O)OCc4ccccc4)[C@H]3O)[C@@H](O)[C@H](CC(=O)CNC(=O)OCc3ccccc3)C[C@@H]2C)O1. The molecule has 1 saturated carbocycles. The van der Waals surface area contributed by atoms with Crippen molar-refractivity contribution >= 4 is 30.2 Å². The van der Waals surface area contributed by atoms with Crippen LogP contribution in [0.4, 0.5) is 19.2 Å². The lowest BCUT2D eigenvalue weighted by molar-refractivity contribution is -0.291. The minimum atomic E-state index is -1.72. The van der Waals surface area contributed by atoms with Gasteiger partial charge in [-0.3, -0.25) is 4.79 Å². The normalized spacial score (nSPS) is 28.5. The fourth-order valence-corrected chi connectivity index (χ4v) is 9.87. The fraction of sp³-hybridized carbons (Fsp3) is 0.450. The highest BCUT2D eigenvalue weighted by Crippen LogP contribution is 2.40. The van der Waals surface area contributed by atoms with Crippen LogP contribution in [-0.4, -0.2) is 145 Å². The van der Waals surface area contributed by atoms with Crippen molar-refractivity contribution in [2.45, 2.75) is 139 Å². The first-order valence-corrected chi connectivity index (χ1v) is 27.4. The van der Waals surface area contributed by atoms with E-state index in [2.05, 4.69) is 21.3 Å². The smallest absolute Gasteiger partial charge is 0.408 e. The summed E-state index contributed by atoms with van der Waals surface area (Å²) in [5, 5.41) is 46.0. The molecule has 4 aliphatic rings. The van der Waals surface area contributed by atoms with Crippen LogP contribution in [0.25, 0.3) is 0 Å². The van der Waals surface area contributed by atoms with Gasteiger partial charge in [-0.05, 0) is 46.9 Å². The Balaban J connectivity index is 0.979. The van der Waals surface area contributed by atoms with Gasteiger partial charge in [-0.15, -0.1) is 0 Å². The number of rotatable bonds is 24. The molecule has 0 aromatic heterocycles. The number of carbonyl (C=O) groups excluding carboxylic acids is 5. The largest absolute Gasteiger partial charge is 0.445 e. The number of benzene rings is 4. The van der Waals surface area contributed by atoms with Crippen molar-refractivity contribution < 1.29 is 86.7 Å². The molecule has 15 atom stereocenters. The maximum absolute atomic E-state index is 13.6. The number of ketones is 1. The van der Waals surface area contributed by atoms with Crippen LogP contribution in [0.15, 0.2) is 146 Å². The number of aliphatic hydroxyl groups excluding tert-OH is 3. The second-order valence-corrected chi connectivity index (χ2v) is 20.3. The Morgan fingerprint density at radius 2 is 0.963 bits per heavy atom. The maximum Gasteiger partial charge on any atom is 0.408 e. The first-order valence-electron chi connectivity index (χ1n) is 27.4. The molecular weight excluding hydrogens is 1060 g/mol. The minimum Gasteiger partial charge on any atom is -0.445 e. The highest BCUT2D eigenvalue weighted by molar-refractivity contribution is 5.84. The lowest BCUT2D eigenvalue weighted by Crippen LogP contribution is -2.58. The Labute approximate surface area is 475 Å². The van der Waals surface area contributed by atoms with Crippen LogP contribution in [0.2, 0.25) is 0 Å². The van der Waals surface area contributed by atoms with Gasteiger partial charge in [0.1, 0.15) is 62.9 Å². The van der Waals surface area contributed by atoms with Gasteiger partial charge in [0.05, 0.1) is 44.1 Å². The van der Waals surface area contributed by atoms with E-state index in [0.29, 0.717) is 6.42 Å². The first-order chi connectivity index (χ1) is 39.8. The van der Waals surface area contributed by atoms with Crippen molar-refractivity contribution in [3.05, 3.63) is 168 Å². The number of hydrogen-bond acceptors (Lipinski definition) is 18. The van der Waals surface area contributed by atoms with Crippen LogP contribution in [0, 0.1) is 11.8 Å². The predicted octanol–water partition coefficient (Wildman–Crippen LogP) is 5.61. The number of nitrogens with one attached hydrogen (secondary N) is 4. The molecule has 3 heterocycles. The summed E-state index contributed by atoms with van der Waals surface area (Å²) in [5.74, 6) is -1.72. The number of aliphatic hydroxyl groups is 3. The summed E-state index contributed by atoms with van der Waals surface area (Å²) in [6.45, 7) is 2.46. The number of hydrogen-bond donors (Lipinski definition) is 7. The molecule has 1 aliphatic carbocycles. The topological polar surface area (TPSA) is 286 Å². The third kappa shape index (κ3) is 17.9. The lowest BCUT2D eigenvalue weighted by Gasteiger charge is -2.46. The maximum atomic E-state index is 13.6. The van der Waals surface area contributed by atoms with Crippen molar-refractivity contribution in [3.8, 4) is 0 Å². The molecule has 82 heavy (non-hydrogen) atoms. The van der Waals surface area contributed by atoms with Crippen molar-refractivity contribution in [1.82, 2.24) is 21.3 Å². The Bertz CT molecular complexity index is 2710. The molecule has 7 N–H and O–H groups in total. The molecule has 0 radical (unpaired) electrons. The Hall–Kier alpha value is -7.25. The average Bonchev–Trinajstić information content (AvgIpc) is 4.03. The van der Waals surface area contributed by atoms with E-state index in [1.54, 1.807) is 72.8 Å². The highest BCUT2D eigenvalue weighted by Gasteiger charge is 2.53. The zero-order valence-corrected chi connectivity index (χ0v) is 45.6. The molecule has 4 aromatic carbocycles. The number of ether oxygens (including phenoxy) is 10. The van der Waals surface area contributed by atoms with Crippen LogP contribution in [0.1, 0.15) is 55.4 Å². The van der Waals surface area contributed by atoms with Gasteiger partial charge in [-0.25, -0.2) is 19.2 Å². The quantitative estimate of drug-likeness (QED) is 0.0331. The minimum absolute atomic E-state index is 0.00552. The fourth-order valence-electron chi connectivity index (χ4n) is 9.87. The zero-order valence-electron chi connectivity index (χ0n) is 45.6. The van der Waals surface area contributed by atoms with Crippen molar-refractivity contribution in [2.24, 2.45) is 11.8 Å². The van der Waals surface area contributed by atoms with Gasteiger partial charge in [0, 0.05) is 6.42 Å². The van der Waals surface area contributed by atoms with Crippen LogP contribution in [-0.2, 0) is 78.6 Å². The van der Waals surface area contributed by atoms with Gasteiger partial charge < -0.3 is 84.0 Å². The van der Waals surface area contributed by atoms with E-state index in [9.17, 15) is 39.3 Å². The summed E-state index contributed by atoms with van der Waals surface area (Å²) in [6, 6.07) is 34.3. The second-order valence-electron chi connectivity index (χ2n) is 20.3. The average molecular weight is 1140 g/mol. The number of amides is 4. The molecule has 1 saturated heterocycles. The van der Waals surface area contributed by atoms with E-state index in [1.807, 2.05) is 86.6 Å². The van der Waals surface area contributed by atoms with Crippen molar-refractivity contribution in [3.63, 3.8) is 0 Å². The van der Waals surface area contributed by atoms with Gasteiger partial charge in [-0.2, -0.15) is 0 Å². The summed E-state index contributed by atoms with van der Waals surface area (Å²) in [7, 11) is 0. The lowest BCUT2D eigenvalue weighted by atomic mass is 9.74. The van der Waals surface area contributed by atoms with Crippen LogP contribution in [0.5, 0.6) is 0 Å². The van der Waals surface area contributed by atoms with Crippen molar-refractivity contribution in [1.29, 1.82) is 0 Å². The summed E-state index contributed by atoms with van der Waals surface area (Å²) >= 11 is 0. The first kappa shape index (κ1) is 60.8. The van der Waals surface area contributed by atoms with E-state index in [1.165, 1.54) is 0 Å². The molecule has 0 bridgehead atoms. The molecule has 0 unspecified atom stereocenters. The molecule has 4 aromatic rings. The number of Topliss-reactive ketones (excluding diaryl/α,β-unsaturated/α-hetero) is 1. The van der Waals surface area contributed by atoms with E-state index in [0.717, 1.165) is 22.3 Å². The molecular formula is C60H72N4O18. The molecule has 0 spiro atoms. The van der Waals surface area contributed by atoms with E-state index >= 15 is 0 Å². The Kier molecular flexibility index (Phi) is 22.8. The van der Waals surface area contributed by atoms with Crippen molar-refractivity contribution in [2.75, 3.05) is 19.7 Å². The van der Waals surface area contributed by atoms with Crippen LogP contribution < -0.4 is 21.3 Å². The number of alkyl carbamates (subject to hydrolysis) is 4. The van der Waals surface area contributed by atoms with E-state index in [-0.39, 0.29) is 45.8 Å². The molecule has 4 amide bonds. The summed E-state index contributed by atoms with van der Waals surface area (Å²) in [5.41, 5.74) is 3.03. The van der Waals surface area contributed by atoms with Gasteiger partial charge in [-0.1, -0.05) is 159 Å². The monoisotopic (exact) mass is 1140 g/mol. The van der Waals surface area contributed by atoms with Gasteiger partial charge in [0.15, 0.2) is 24.7 Å². The predicted molar refractivity (Wildman–Crippen MR) is 292 cm³/mol. The van der Waals surface area contributed by atoms with Crippen LogP contribution in [0.3, 0.4) is 0 Å². The second kappa shape index (κ2) is 30.7. The molecule has 8 rings (SSSR count). The summed E-state index contributed by atoms with van der Waals surface area (Å²) < 4.78 is 60.2.